The molecular weight excluding hydrogens is 348 g/mol. The summed E-state index contributed by atoms with van der Waals surface area (Å²) in [5.41, 5.74) is 5.82. The lowest BCUT2D eigenvalue weighted by Crippen LogP contribution is -2.34. The Morgan fingerprint density at radius 2 is 2.12 bits per heavy atom. The summed E-state index contributed by atoms with van der Waals surface area (Å²) in [5, 5.41) is 2.59. The number of nitrogens with two attached hydrogens (primary N) is 1. The minimum atomic E-state index is -0.540. The standard InChI is InChI=1S/C19H20N4O2S/c20-17(24)11-23-18(21-14-6-2-1-5-13(14)19(23)25)12-22-9-3-7-15(22)16-8-4-10-26-16/h1-2,4-6,8,10,15H,3,7,9,11-12H2,(H2,20,24)/t15-/m1/s1. The maximum atomic E-state index is 12.9. The van der Waals surface area contributed by atoms with Gasteiger partial charge < -0.3 is 5.73 Å². The number of thiophene rings is 1. The molecule has 0 radical (unpaired) electrons. The zero-order chi connectivity index (χ0) is 18.1. The van der Waals surface area contributed by atoms with Crippen molar-refractivity contribution in [3.05, 3.63) is 62.8 Å². The van der Waals surface area contributed by atoms with Gasteiger partial charge >= 0.3 is 0 Å². The number of nitrogens with zero attached hydrogens (tertiary/aromatic N) is 3. The number of likely N-dealkylation sites (tertiary alicyclic amines) is 1. The topological polar surface area (TPSA) is 81.2 Å². The Morgan fingerprint density at radius 1 is 1.27 bits per heavy atom. The third kappa shape index (κ3) is 3.15. The van der Waals surface area contributed by atoms with Crippen molar-refractivity contribution in [3.63, 3.8) is 0 Å². The van der Waals surface area contributed by atoms with Gasteiger partial charge in [0.15, 0.2) is 0 Å². The lowest BCUT2D eigenvalue weighted by atomic mass is 10.2. The molecule has 0 unspecified atom stereocenters. The van der Waals surface area contributed by atoms with E-state index in [9.17, 15) is 9.59 Å². The second kappa shape index (κ2) is 7.01. The number of carbonyl (C=O) groups excluding carboxylic acids is 1. The van der Waals surface area contributed by atoms with Crippen LogP contribution >= 0.6 is 11.3 Å². The van der Waals surface area contributed by atoms with Crippen molar-refractivity contribution in [3.8, 4) is 0 Å². The summed E-state index contributed by atoms with van der Waals surface area (Å²) in [7, 11) is 0. The molecule has 3 aromatic rings. The van der Waals surface area contributed by atoms with Crippen LogP contribution in [0.1, 0.15) is 29.6 Å². The van der Waals surface area contributed by atoms with Gasteiger partial charge in [-0.05, 0) is 43.0 Å². The lowest BCUT2D eigenvalue weighted by molar-refractivity contribution is -0.118. The van der Waals surface area contributed by atoms with Crippen molar-refractivity contribution in [2.45, 2.75) is 32.0 Å². The molecule has 1 aliphatic heterocycles. The van der Waals surface area contributed by atoms with Gasteiger partial charge in [0.1, 0.15) is 12.4 Å². The maximum Gasteiger partial charge on any atom is 0.261 e. The Morgan fingerprint density at radius 3 is 2.88 bits per heavy atom. The average Bonchev–Trinajstić information content (AvgIpc) is 3.29. The van der Waals surface area contributed by atoms with Gasteiger partial charge in [0, 0.05) is 10.9 Å². The Bertz CT molecular complexity index is 996. The molecule has 26 heavy (non-hydrogen) atoms. The highest BCUT2D eigenvalue weighted by Crippen LogP contribution is 2.35. The van der Waals surface area contributed by atoms with Gasteiger partial charge in [0.25, 0.3) is 5.56 Å². The van der Waals surface area contributed by atoms with Gasteiger partial charge in [0.2, 0.25) is 5.91 Å². The molecule has 3 heterocycles. The first-order chi connectivity index (χ1) is 12.6. The first kappa shape index (κ1) is 16.9. The average molecular weight is 368 g/mol. The molecule has 1 atom stereocenters. The molecule has 1 fully saturated rings. The second-order valence-corrected chi connectivity index (χ2v) is 7.53. The molecule has 1 amide bonds. The van der Waals surface area contributed by atoms with Crippen molar-refractivity contribution in [1.82, 2.24) is 14.5 Å². The molecule has 1 aliphatic rings. The predicted octanol–water partition coefficient (Wildman–Crippen LogP) is 2.28. The number of amides is 1. The quantitative estimate of drug-likeness (QED) is 0.749. The molecule has 6 nitrogen and oxygen atoms in total. The van der Waals surface area contributed by atoms with Crippen LogP contribution in [0.5, 0.6) is 0 Å². The zero-order valence-corrected chi connectivity index (χ0v) is 15.1. The van der Waals surface area contributed by atoms with Crippen LogP contribution in [0, 0.1) is 0 Å². The van der Waals surface area contributed by atoms with Crippen LogP contribution in [-0.4, -0.2) is 26.9 Å². The van der Waals surface area contributed by atoms with Crippen LogP contribution < -0.4 is 11.3 Å². The highest BCUT2D eigenvalue weighted by atomic mass is 32.1. The Kier molecular flexibility index (Phi) is 4.57. The monoisotopic (exact) mass is 368 g/mol. The van der Waals surface area contributed by atoms with E-state index >= 15 is 0 Å². The number of rotatable bonds is 5. The Labute approximate surface area is 154 Å². The SMILES string of the molecule is NC(=O)Cn1c(CN2CCC[C@@H]2c2cccs2)nc2ccccc2c1=O. The van der Waals surface area contributed by atoms with Crippen LogP contribution in [0.2, 0.25) is 0 Å². The molecule has 0 bridgehead atoms. The van der Waals surface area contributed by atoms with E-state index in [1.165, 1.54) is 9.44 Å². The van der Waals surface area contributed by atoms with E-state index in [4.69, 9.17) is 5.73 Å². The molecule has 2 aromatic heterocycles. The van der Waals surface area contributed by atoms with E-state index in [-0.39, 0.29) is 12.1 Å². The molecular formula is C19H20N4O2S. The largest absolute Gasteiger partial charge is 0.368 e. The predicted molar refractivity (Wildman–Crippen MR) is 102 cm³/mol. The van der Waals surface area contributed by atoms with Crippen LogP contribution in [0.4, 0.5) is 0 Å². The van der Waals surface area contributed by atoms with Gasteiger partial charge in [0.05, 0.1) is 17.4 Å². The van der Waals surface area contributed by atoms with E-state index in [0.717, 1.165) is 19.4 Å². The van der Waals surface area contributed by atoms with E-state index in [1.807, 2.05) is 12.1 Å². The van der Waals surface area contributed by atoms with Crippen LogP contribution in [-0.2, 0) is 17.9 Å². The molecule has 0 aliphatic carbocycles. The van der Waals surface area contributed by atoms with Crippen LogP contribution in [0.15, 0.2) is 46.6 Å². The third-order valence-electron chi connectivity index (χ3n) is 4.83. The number of hydrogen-bond donors (Lipinski definition) is 1. The van der Waals surface area contributed by atoms with Gasteiger partial charge in [-0.25, -0.2) is 4.98 Å². The number of aromatic nitrogens is 2. The number of primary amides is 1. The molecule has 2 N–H and O–H groups in total. The van der Waals surface area contributed by atoms with Crippen molar-refractivity contribution < 1.29 is 4.79 Å². The van der Waals surface area contributed by atoms with Crippen LogP contribution in [0.3, 0.4) is 0 Å². The molecule has 0 spiro atoms. The number of benzene rings is 1. The smallest absolute Gasteiger partial charge is 0.261 e. The Balaban J connectivity index is 1.75. The number of fused-ring (bicyclic) bond motifs is 1. The van der Waals surface area contributed by atoms with Crippen molar-refractivity contribution in [2.24, 2.45) is 5.73 Å². The summed E-state index contributed by atoms with van der Waals surface area (Å²) in [6.45, 7) is 1.32. The van der Waals surface area contributed by atoms with Crippen molar-refractivity contribution in [1.29, 1.82) is 0 Å². The fourth-order valence-corrected chi connectivity index (χ4v) is 4.55. The molecule has 7 heteroatoms. The highest BCUT2D eigenvalue weighted by molar-refractivity contribution is 7.10. The fraction of sp³-hybridized carbons (Fsp3) is 0.316. The minimum Gasteiger partial charge on any atom is -0.368 e. The van der Waals surface area contributed by atoms with Gasteiger partial charge in [-0.15, -0.1) is 11.3 Å². The van der Waals surface area contributed by atoms with Gasteiger partial charge in [-0.2, -0.15) is 0 Å². The van der Waals surface area contributed by atoms with Crippen LogP contribution in [0.25, 0.3) is 10.9 Å². The number of carbonyl (C=O) groups is 1. The maximum absolute atomic E-state index is 12.9. The Hall–Kier alpha value is -2.51. The summed E-state index contributed by atoms with van der Waals surface area (Å²) < 4.78 is 1.43. The molecule has 0 saturated carbocycles. The summed E-state index contributed by atoms with van der Waals surface area (Å²) in [6, 6.07) is 11.8. The van der Waals surface area contributed by atoms with Gasteiger partial charge in [-0.1, -0.05) is 18.2 Å². The highest BCUT2D eigenvalue weighted by Gasteiger charge is 2.28. The fourth-order valence-electron chi connectivity index (χ4n) is 3.65. The number of hydrogen-bond acceptors (Lipinski definition) is 5. The first-order valence-electron chi connectivity index (χ1n) is 8.67. The third-order valence-corrected chi connectivity index (χ3v) is 5.81. The van der Waals surface area contributed by atoms with Crippen molar-refractivity contribution in [2.75, 3.05) is 6.54 Å². The summed E-state index contributed by atoms with van der Waals surface area (Å²) in [6.07, 6.45) is 2.20. The molecule has 4 rings (SSSR count). The normalized spacial score (nSPS) is 17.8. The molecule has 1 aromatic carbocycles. The lowest BCUT2D eigenvalue weighted by Gasteiger charge is -2.24. The molecule has 1 saturated heterocycles. The summed E-state index contributed by atoms with van der Waals surface area (Å²) >= 11 is 1.75. The number of para-hydroxylation sites is 1. The van der Waals surface area contributed by atoms with E-state index in [2.05, 4.69) is 27.4 Å². The second-order valence-electron chi connectivity index (χ2n) is 6.55. The van der Waals surface area contributed by atoms with E-state index in [1.54, 1.807) is 23.5 Å². The minimum absolute atomic E-state index is 0.149. The van der Waals surface area contributed by atoms with Gasteiger partial charge in [-0.3, -0.25) is 19.1 Å². The zero-order valence-electron chi connectivity index (χ0n) is 14.3. The van der Waals surface area contributed by atoms with E-state index < -0.39 is 5.91 Å². The first-order valence-corrected chi connectivity index (χ1v) is 9.55. The molecule has 134 valence electrons. The summed E-state index contributed by atoms with van der Waals surface area (Å²) in [4.78, 5) is 32.7. The van der Waals surface area contributed by atoms with E-state index in [0.29, 0.717) is 29.3 Å². The summed E-state index contributed by atoms with van der Waals surface area (Å²) in [5.74, 6) is 0.0533. The van der Waals surface area contributed by atoms with Crippen molar-refractivity contribution >= 4 is 28.1 Å².